The zero-order chi connectivity index (χ0) is 11.9. The van der Waals surface area contributed by atoms with E-state index in [9.17, 15) is 4.79 Å². The van der Waals surface area contributed by atoms with Crippen LogP contribution in [0.1, 0.15) is 24.2 Å². The van der Waals surface area contributed by atoms with E-state index < -0.39 is 5.97 Å². The summed E-state index contributed by atoms with van der Waals surface area (Å²) in [6.45, 7) is 6.32. The van der Waals surface area contributed by atoms with Crippen molar-refractivity contribution in [3.05, 3.63) is 23.8 Å². The second kappa shape index (κ2) is 3.40. The molecule has 16 heavy (non-hydrogen) atoms. The van der Waals surface area contributed by atoms with Gasteiger partial charge in [0.2, 0.25) is 0 Å². The first-order valence-corrected chi connectivity index (χ1v) is 5.27. The SMILES string of the molecule is CC1(C)CN(c2ccc(C(=O)O)cc2N)C1. The highest BCUT2D eigenvalue weighted by Gasteiger charge is 2.34. The summed E-state index contributed by atoms with van der Waals surface area (Å²) >= 11 is 0. The number of aromatic carboxylic acids is 1. The molecule has 0 radical (unpaired) electrons. The predicted octanol–water partition coefficient (Wildman–Crippen LogP) is 1.81. The highest BCUT2D eigenvalue weighted by Crippen LogP contribution is 2.36. The molecule has 1 heterocycles. The molecular formula is C12H16N2O2. The largest absolute Gasteiger partial charge is 0.478 e. The maximum atomic E-state index is 10.8. The summed E-state index contributed by atoms with van der Waals surface area (Å²) in [6, 6.07) is 4.90. The highest BCUT2D eigenvalue weighted by molar-refractivity contribution is 5.90. The first kappa shape index (κ1) is 10.8. The Balaban J connectivity index is 2.21. The van der Waals surface area contributed by atoms with Crippen LogP contribution in [-0.4, -0.2) is 24.2 Å². The van der Waals surface area contributed by atoms with Crippen molar-refractivity contribution < 1.29 is 9.90 Å². The fraction of sp³-hybridized carbons (Fsp3) is 0.417. The van der Waals surface area contributed by atoms with Gasteiger partial charge in [-0.3, -0.25) is 0 Å². The van der Waals surface area contributed by atoms with Crippen LogP contribution in [0, 0.1) is 5.41 Å². The standard InChI is InChI=1S/C12H16N2O2/c1-12(2)6-14(7-12)10-4-3-8(11(15)16)5-9(10)13/h3-5H,6-7,13H2,1-2H3,(H,15,16). The van der Waals surface area contributed by atoms with Gasteiger partial charge in [-0.1, -0.05) is 13.8 Å². The Labute approximate surface area is 94.7 Å². The number of anilines is 2. The zero-order valence-electron chi connectivity index (χ0n) is 9.53. The van der Waals surface area contributed by atoms with E-state index in [0.717, 1.165) is 18.8 Å². The zero-order valence-corrected chi connectivity index (χ0v) is 9.53. The van der Waals surface area contributed by atoms with Gasteiger partial charge in [0.05, 0.1) is 16.9 Å². The quantitative estimate of drug-likeness (QED) is 0.746. The van der Waals surface area contributed by atoms with Crippen LogP contribution in [0.25, 0.3) is 0 Å². The number of nitrogens with two attached hydrogens (primary N) is 1. The summed E-state index contributed by atoms with van der Waals surface area (Å²) in [6.07, 6.45) is 0. The lowest BCUT2D eigenvalue weighted by Gasteiger charge is -2.47. The van der Waals surface area contributed by atoms with Gasteiger partial charge in [0.1, 0.15) is 0 Å². The molecule has 1 aromatic rings. The van der Waals surface area contributed by atoms with Gasteiger partial charge in [-0.2, -0.15) is 0 Å². The van der Waals surface area contributed by atoms with Crippen LogP contribution < -0.4 is 10.6 Å². The minimum absolute atomic E-state index is 0.237. The molecule has 86 valence electrons. The van der Waals surface area contributed by atoms with Crippen molar-refractivity contribution in [2.75, 3.05) is 23.7 Å². The molecule has 3 N–H and O–H groups in total. The maximum absolute atomic E-state index is 10.8. The number of nitrogen functional groups attached to an aromatic ring is 1. The van der Waals surface area contributed by atoms with E-state index in [1.807, 2.05) is 0 Å². The summed E-state index contributed by atoms with van der Waals surface area (Å²) < 4.78 is 0. The van der Waals surface area contributed by atoms with E-state index >= 15 is 0 Å². The summed E-state index contributed by atoms with van der Waals surface area (Å²) in [7, 11) is 0. The Hall–Kier alpha value is -1.71. The van der Waals surface area contributed by atoms with E-state index in [1.54, 1.807) is 12.1 Å². The van der Waals surface area contributed by atoms with E-state index in [2.05, 4.69) is 18.7 Å². The van der Waals surface area contributed by atoms with Crippen molar-refractivity contribution >= 4 is 17.3 Å². The Morgan fingerprint density at radius 3 is 2.50 bits per heavy atom. The number of benzene rings is 1. The molecule has 0 amide bonds. The molecule has 4 nitrogen and oxygen atoms in total. The Morgan fingerprint density at radius 1 is 1.44 bits per heavy atom. The van der Waals surface area contributed by atoms with Crippen LogP contribution in [-0.2, 0) is 0 Å². The molecule has 0 aromatic heterocycles. The highest BCUT2D eigenvalue weighted by atomic mass is 16.4. The van der Waals surface area contributed by atoms with Crippen LogP contribution >= 0.6 is 0 Å². The van der Waals surface area contributed by atoms with Crippen molar-refractivity contribution in [1.29, 1.82) is 0 Å². The number of hydrogen-bond donors (Lipinski definition) is 2. The molecule has 0 bridgehead atoms. The fourth-order valence-corrected chi connectivity index (χ4v) is 2.13. The van der Waals surface area contributed by atoms with E-state index in [4.69, 9.17) is 10.8 Å². The number of carboxylic acid groups (broad SMARTS) is 1. The second-order valence-corrected chi connectivity index (χ2v) is 5.10. The van der Waals surface area contributed by atoms with Gasteiger partial charge in [-0.15, -0.1) is 0 Å². The van der Waals surface area contributed by atoms with Gasteiger partial charge < -0.3 is 15.7 Å². The minimum Gasteiger partial charge on any atom is -0.478 e. The number of rotatable bonds is 2. The van der Waals surface area contributed by atoms with Gasteiger partial charge in [0, 0.05) is 13.1 Å². The van der Waals surface area contributed by atoms with Crippen LogP contribution in [0.15, 0.2) is 18.2 Å². The normalized spacial score (nSPS) is 18.0. The summed E-state index contributed by atoms with van der Waals surface area (Å²) in [5.74, 6) is -0.942. The summed E-state index contributed by atoms with van der Waals surface area (Å²) in [5, 5.41) is 8.82. The second-order valence-electron chi connectivity index (χ2n) is 5.10. The molecule has 1 aromatic carbocycles. The van der Waals surface area contributed by atoms with Crippen molar-refractivity contribution in [3.63, 3.8) is 0 Å². The molecule has 1 saturated heterocycles. The molecule has 0 atom stereocenters. The molecule has 1 aliphatic heterocycles. The maximum Gasteiger partial charge on any atom is 0.335 e. The van der Waals surface area contributed by atoms with Crippen molar-refractivity contribution in [1.82, 2.24) is 0 Å². The van der Waals surface area contributed by atoms with Crippen molar-refractivity contribution in [2.45, 2.75) is 13.8 Å². The van der Waals surface area contributed by atoms with Crippen LogP contribution in [0.3, 0.4) is 0 Å². The van der Waals surface area contributed by atoms with Gasteiger partial charge in [0.25, 0.3) is 0 Å². The van der Waals surface area contributed by atoms with E-state index in [1.165, 1.54) is 6.07 Å². The Bertz CT molecular complexity index is 433. The number of hydrogen-bond acceptors (Lipinski definition) is 3. The van der Waals surface area contributed by atoms with Crippen molar-refractivity contribution in [2.24, 2.45) is 5.41 Å². The third kappa shape index (κ3) is 1.83. The van der Waals surface area contributed by atoms with Gasteiger partial charge >= 0.3 is 5.97 Å². The molecule has 0 aliphatic carbocycles. The summed E-state index contributed by atoms with van der Waals surface area (Å²) in [4.78, 5) is 12.9. The summed E-state index contributed by atoms with van der Waals surface area (Å²) in [5.41, 5.74) is 7.89. The van der Waals surface area contributed by atoms with Crippen molar-refractivity contribution in [3.8, 4) is 0 Å². The average molecular weight is 220 g/mol. The molecule has 1 aliphatic rings. The smallest absolute Gasteiger partial charge is 0.335 e. The predicted molar refractivity (Wildman–Crippen MR) is 63.8 cm³/mol. The molecular weight excluding hydrogens is 204 g/mol. The lowest BCUT2D eigenvalue weighted by atomic mass is 9.84. The third-order valence-electron chi connectivity index (χ3n) is 2.85. The first-order chi connectivity index (χ1) is 7.39. The monoisotopic (exact) mass is 220 g/mol. The molecule has 1 fully saturated rings. The van der Waals surface area contributed by atoms with Gasteiger partial charge in [-0.25, -0.2) is 4.79 Å². The lowest BCUT2D eigenvalue weighted by Crippen LogP contribution is -2.53. The molecule has 4 heteroatoms. The number of nitrogens with zero attached hydrogens (tertiary/aromatic N) is 1. The fourth-order valence-electron chi connectivity index (χ4n) is 2.13. The van der Waals surface area contributed by atoms with Crippen LogP contribution in [0.2, 0.25) is 0 Å². The Morgan fingerprint density at radius 2 is 2.06 bits per heavy atom. The number of carboxylic acids is 1. The first-order valence-electron chi connectivity index (χ1n) is 5.27. The van der Waals surface area contributed by atoms with Gasteiger partial charge in [0.15, 0.2) is 0 Å². The third-order valence-corrected chi connectivity index (χ3v) is 2.85. The number of carbonyl (C=O) groups is 1. The topological polar surface area (TPSA) is 66.6 Å². The minimum atomic E-state index is -0.942. The molecule has 0 spiro atoms. The van der Waals surface area contributed by atoms with E-state index in [-0.39, 0.29) is 5.56 Å². The van der Waals surface area contributed by atoms with Gasteiger partial charge in [-0.05, 0) is 23.6 Å². The average Bonchev–Trinajstić information content (AvgIpc) is 2.13. The van der Waals surface area contributed by atoms with Crippen LogP contribution in [0.4, 0.5) is 11.4 Å². The van der Waals surface area contributed by atoms with Crippen LogP contribution in [0.5, 0.6) is 0 Å². The molecule has 0 unspecified atom stereocenters. The van der Waals surface area contributed by atoms with E-state index in [0.29, 0.717) is 11.1 Å². The lowest BCUT2D eigenvalue weighted by molar-refractivity contribution is 0.0697. The Kier molecular flexibility index (Phi) is 2.30. The molecule has 0 saturated carbocycles. The molecule has 2 rings (SSSR count).